The topological polar surface area (TPSA) is 18.5 Å². The van der Waals surface area contributed by atoms with Crippen LogP contribution in [-0.2, 0) is 0 Å². The SMILES string of the molecule is Bc1ccc(Oc2ccc(OC(F)(F)F)cc2)cc1. The van der Waals surface area contributed by atoms with Gasteiger partial charge in [0.25, 0.3) is 0 Å². The Labute approximate surface area is 109 Å². The number of benzene rings is 2. The molecule has 0 amide bonds. The van der Waals surface area contributed by atoms with Crippen molar-refractivity contribution < 1.29 is 22.6 Å². The van der Waals surface area contributed by atoms with Gasteiger partial charge in [-0.15, -0.1) is 13.2 Å². The molecule has 2 rings (SSSR count). The Bertz CT molecular complexity index is 535. The van der Waals surface area contributed by atoms with Crippen molar-refractivity contribution in [1.29, 1.82) is 0 Å². The first-order valence-electron chi connectivity index (χ1n) is 5.53. The van der Waals surface area contributed by atoms with Gasteiger partial charge in [0.2, 0.25) is 0 Å². The zero-order chi connectivity index (χ0) is 13.9. The highest BCUT2D eigenvalue weighted by Crippen LogP contribution is 2.26. The van der Waals surface area contributed by atoms with Crippen molar-refractivity contribution in [2.45, 2.75) is 6.36 Å². The van der Waals surface area contributed by atoms with Crippen molar-refractivity contribution in [2.24, 2.45) is 0 Å². The van der Waals surface area contributed by atoms with E-state index in [1.807, 2.05) is 20.0 Å². The summed E-state index contributed by atoms with van der Waals surface area (Å²) in [6, 6.07) is 12.6. The number of ether oxygens (including phenoxy) is 2. The second-order valence-corrected chi connectivity index (χ2v) is 3.93. The van der Waals surface area contributed by atoms with Crippen LogP contribution in [-0.4, -0.2) is 14.2 Å². The summed E-state index contributed by atoms with van der Waals surface area (Å²) in [6.07, 6.45) is -4.68. The number of rotatable bonds is 3. The first-order valence-corrected chi connectivity index (χ1v) is 5.53. The van der Waals surface area contributed by atoms with Gasteiger partial charge < -0.3 is 9.47 Å². The minimum Gasteiger partial charge on any atom is -0.457 e. The minimum absolute atomic E-state index is 0.274. The van der Waals surface area contributed by atoms with Crippen molar-refractivity contribution in [1.82, 2.24) is 0 Å². The van der Waals surface area contributed by atoms with E-state index in [4.69, 9.17) is 4.74 Å². The molecule has 0 saturated heterocycles. The molecule has 0 spiro atoms. The predicted octanol–water partition coefficient (Wildman–Crippen LogP) is 2.64. The van der Waals surface area contributed by atoms with Crippen LogP contribution >= 0.6 is 0 Å². The van der Waals surface area contributed by atoms with Crippen LogP contribution < -0.4 is 14.9 Å². The first-order chi connectivity index (χ1) is 8.92. The van der Waals surface area contributed by atoms with Crippen molar-refractivity contribution >= 4 is 13.3 Å². The third kappa shape index (κ3) is 4.24. The van der Waals surface area contributed by atoms with Crippen LogP contribution in [0.2, 0.25) is 0 Å². The lowest BCUT2D eigenvalue weighted by molar-refractivity contribution is -0.274. The summed E-state index contributed by atoms with van der Waals surface area (Å²) >= 11 is 0. The van der Waals surface area contributed by atoms with Crippen LogP contribution in [0.4, 0.5) is 13.2 Å². The van der Waals surface area contributed by atoms with Gasteiger partial charge in [-0.3, -0.25) is 0 Å². The lowest BCUT2D eigenvalue weighted by Crippen LogP contribution is -2.16. The summed E-state index contributed by atoms with van der Waals surface area (Å²) in [5.74, 6) is 0.789. The van der Waals surface area contributed by atoms with Crippen molar-refractivity contribution in [2.75, 3.05) is 0 Å². The zero-order valence-corrected chi connectivity index (χ0v) is 10.1. The van der Waals surface area contributed by atoms with Crippen molar-refractivity contribution in [3.05, 3.63) is 48.5 Å². The fraction of sp³-hybridized carbons (Fsp3) is 0.0769. The molecule has 0 atom stereocenters. The van der Waals surface area contributed by atoms with Crippen LogP contribution in [0.1, 0.15) is 0 Å². The largest absolute Gasteiger partial charge is 0.573 e. The van der Waals surface area contributed by atoms with E-state index < -0.39 is 6.36 Å². The van der Waals surface area contributed by atoms with Crippen molar-refractivity contribution in [3.8, 4) is 17.2 Å². The molecule has 0 bridgehead atoms. The normalized spacial score (nSPS) is 11.1. The summed E-state index contributed by atoms with van der Waals surface area (Å²) in [6.45, 7) is 0. The maximum absolute atomic E-state index is 12.0. The minimum atomic E-state index is -4.68. The summed E-state index contributed by atoms with van der Waals surface area (Å²) in [5, 5.41) is 0. The second-order valence-electron chi connectivity index (χ2n) is 3.93. The van der Waals surface area contributed by atoms with E-state index in [2.05, 4.69) is 4.74 Å². The molecule has 6 heteroatoms. The van der Waals surface area contributed by atoms with Gasteiger partial charge in [-0.1, -0.05) is 17.6 Å². The summed E-state index contributed by atoms with van der Waals surface area (Å²) < 4.78 is 45.2. The summed E-state index contributed by atoms with van der Waals surface area (Å²) in [4.78, 5) is 0. The number of hydrogen-bond donors (Lipinski definition) is 0. The van der Waals surface area contributed by atoms with Gasteiger partial charge in [0.05, 0.1) is 0 Å². The Kier molecular flexibility index (Phi) is 3.69. The molecule has 0 fully saturated rings. The first kappa shape index (κ1) is 13.3. The van der Waals surface area contributed by atoms with Crippen molar-refractivity contribution in [3.63, 3.8) is 0 Å². The number of hydrogen-bond acceptors (Lipinski definition) is 2. The fourth-order valence-corrected chi connectivity index (χ4v) is 1.45. The van der Waals surface area contributed by atoms with Crippen LogP contribution in [0.3, 0.4) is 0 Å². The molecule has 0 aliphatic rings. The summed E-state index contributed by atoms with van der Waals surface area (Å²) in [5.41, 5.74) is 1.10. The van der Waals surface area contributed by atoms with Crippen LogP contribution in [0.25, 0.3) is 0 Å². The van der Waals surface area contributed by atoms with E-state index in [0.717, 1.165) is 5.46 Å². The molecule has 0 unspecified atom stereocenters. The van der Waals surface area contributed by atoms with Gasteiger partial charge in [0, 0.05) is 0 Å². The second kappa shape index (κ2) is 5.26. The van der Waals surface area contributed by atoms with Gasteiger partial charge in [0.1, 0.15) is 25.1 Å². The van der Waals surface area contributed by atoms with Crippen LogP contribution in [0, 0.1) is 0 Å². The standard InChI is InChI=1S/C13H10BF3O2/c14-9-1-3-10(4-2-9)18-11-5-7-12(8-6-11)19-13(15,16)17/h1-8H,14H2. The van der Waals surface area contributed by atoms with Gasteiger partial charge in [-0.2, -0.15) is 0 Å². The Morgan fingerprint density at radius 1 is 0.737 bits per heavy atom. The van der Waals surface area contributed by atoms with E-state index in [9.17, 15) is 13.2 Å². The molecule has 2 nitrogen and oxygen atoms in total. The van der Waals surface area contributed by atoms with Crippen LogP contribution in [0.5, 0.6) is 17.2 Å². The van der Waals surface area contributed by atoms with Gasteiger partial charge >= 0.3 is 6.36 Å². The van der Waals surface area contributed by atoms with E-state index >= 15 is 0 Å². The smallest absolute Gasteiger partial charge is 0.457 e. The molecule has 2 aromatic rings. The van der Waals surface area contributed by atoms with E-state index in [1.165, 1.54) is 24.3 Å². The maximum atomic E-state index is 12.0. The lowest BCUT2D eigenvalue weighted by Gasteiger charge is -2.10. The lowest BCUT2D eigenvalue weighted by atomic mass is 9.97. The third-order valence-electron chi connectivity index (χ3n) is 2.31. The molecule has 0 N–H and O–H groups in total. The Morgan fingerprint density at radius 2 is 1.16 bits per heavy atom. The Hall–Kier alpha value is -2.11. The average Bonchev–Trinajstić information content (AvgIpc) is 2.33. The molecule has 0 aliphatic carbocycles. The number of halogens is 3. The number of alkyl halides is 3. The summed E-state index contributed by atoms with van der Waals surface area (Å²) in [7, 11) is 1.95. The molecule has 0 saturated carbocycles. The molecule has 0 aliphatic heterocycles. The highest BCUT2D eigenvalue weighted by molar-refractivity contribution is 6.32. The molecule has 0 heterocycles. The molecule has 19 heavy (non-hydrogen) atoms. The quantitative estimate of drug-likeness (QED) is 0.795. The van der Waals surface area contributed by atoms with Gasteiger partial charge in [-0.05, 0) is 36.4 Å². The highest BCUT2D eigenvalue weighted by atomic mass is 19.4. The van der Waals surface area contributed by atoms with E-state index in [-0.39, 0.29) is 5.75 Å². The maximum Gasteiger partial charge on any atom is 0.573 e. The molecule has 2 aromatic carbocycles. The van der Waals surface area contributed by atoms with Gasteiger partial charge in [0.15, 0.2) is 0 Å². The van der Waals surface area contributed by atoms with E-state index in [0.29, 0.717) is 11.5 Å². The highest BCUT2D eigenvalue weighted by Gasteiger charge is 2.30. The average molecular weight is 266 g/mol. The predicted molar refractivity (Wildman–Crippen MR) is 67.8 cm³/mol. The molecular weight excluding hydrogens is 256 g/mol. The monoisotopic (exact) mass is 266 g/mol. The molecule has 0 aromatic heterocycles. The van der Waals surface area contributed by atoms with Gasteiger partial charge in [-0.25, -0.2) is 0 Å². The zero-order valence-electron chi connectivity index (χ0n) is 10.1. The Morgan fingerprint density at radius 3 is 1.63 bits per heavy atom. The molecular formula is C13H10BF3O2. The Balaban J connectivity index is 2.04. The molecule has 98 valence electrons. The van der Waals surface area contributed by atoms with E-state index in [1.54, 1.807) is 12.1 Å². The third-order valence-corrected chi connectivity index (χ3v) is 2.31. The van der Waals surface area contributed by atoms with Crippen LogP contribution in [0.15, 0.2) is 48.5 Å². The molecule has 0 radical (unpaired) electrons. The fourth-order valence-electron chi connectivity index (χ4n) is 1.45.